The highest BCUT2D eigenvalue weighted by Gasteiger charge is 2.36. The molecule has 0 spiro atoms. The van der Waals surface area contributed by atoms with Gasteiger partial charge in [-0.2, -0.15) is 10.4 Å². The topological polar surface area (TPSA) is 84.8 Å². The third-order valence-electron chi connectivity index (χ3n) is 5.70. The molecule has 0 bridgehead atoms. The van der Waals surface area contributed by atoms with Gasteiger partial charge in [-0.25, -0.2) is 0 Å². The van der Waals surface area contributed by atoms with Crippen LogP contribution in [0.3, 0.4) is 0 Å². The molecule has 1 aromatic rings. The van der Waals surface area contributed by atoms with E-state index in [9.17, 15) is 10.1 Å². The summed E-state index contributed by atoms with van der Waals surface area (Å²) in [6.45, 7) is 3.76. The third kappa shape index (κ3) is 3.62. The summed E-state index contributed by atoms with van der Waals surface area (Å²) in [6, 6.07) is 4.23. The minimum absolute atomic E-state index is 0.00144. The van der Waals surface area contributed by atoms with Gasteiger partial charge in [0, 0.05) is 17.8 Å². The fraction of sp³-hybridized carbons (Fsp3) is 0.722. The number of hydrogen-bond donors (Lipinski definition) is 2. The second-order valence-electron chi connectivity index (χ2n) is 7.24. The summed E-state index contributed by atoms with van der Waals surface area (Å²) in [6.07, 6.45) is 8.63. The molecular weight excluding hydrogens is 302 g/mol. The van der Waals surface area contributed by atoms with Crippen LogP contribution in [0.2, 0.25) is 0 Å². The Morgan fingerprint density at radius 2 is 2.12 bits per heavy atom. The molecule has 2 aliphatic rings. The van der Waals surface area contributed by atoms with Gasteiger partial charge in [-0.1, -0.05) is 19.3 Å². The molecule has 1 saturated carbocycles. The molecule has 0 radical (unpaired) electrons. The molecule has 1 aromatic heterocycles. The quantitative estimate of drug-likeness (QED) is 0.888. The Kier molecular flexibility index (Phi) is 5.20. The molecule has 2 N–H and O–H groups in total. The number of nitriles is 1. The number of aromatic nitrogens is 2. The van der Waals surface area contributed by atoms with Crippen molar-refractivity contribution in [3.63, 3.8) is 0 Å². The number of nitrogens with one attached hydrogen (secondary N) is 2. The Labute approximate surface area is 143 Å². The zero-order valence-electron chi connectivity index (χ0n) is 14.4. The van der Waals surface area contributed by atoms with Gasteiger partial charge in [0.05, 0.1) is 12.1 Å². The van der Waals surface area contributed by atoms with Crippen molar-refractivity contribution in [3.05, 3.63) is 18.0 Å². The van der Waals surface area contributed by atoms with Gasteiger partial charge in [-0.3, -0.25) is 14.8 Å². The molecule has 3 rings (SSSR count). The molecule has 24 heavy (non-hydrogen) atoms. The minimum atomic E-state index is -0.641. The van der Waals surface area contributed by atoms with Gasteiger partial charge < -0.3 is 5.32 Å². The van der Waals surface area contributed by atoms with Crippen LogP contribution >= 0.6 is 0 Å². The van der Waals surface area contributed by atoms with Gasteiger partial charge >= 0.3 is 0 Å². The normalized spacial score (nSPS) is 23.3. The molecule has 1 aliphatic carbocycles. The highest BCUT2D eigenvalue weighted by molar-refractivity contribution is 5.82. The molecule has 0 aromatic carbocycles. The maximum atomic E-state index is 12.7. The van der Waals surface area contributed by atoms with E-state index in [2.05, 4.69) is 26.5 Å². The highest BCUT2D eigenvalue weighted by Crippen LogP contribution is 2.29. The first kappa shape index (κ1) is 17.0. The lowest BCUT2D eigenvalue weighted by atomic mass is 9.82. The van der Waals surface area contributed by atoms with E-state index in [0.29, 0.717) is 5.92 Å². The number of hydrogen-bond acceptors (Lipinski definition) is 4. The minimum Gasteiger partial charge on any atom is -0.336 e. The lowest BCUT2D eigenvalue weighted by Gasteiger charge is -2.37. The molecule has 6 nitrogen and oxygen atoms in total. The van der Waals surface area contributed by atoms with E-state index >= 15 is 0 Å². The predicted molar refractivity (Wildman–Crippen MR) is 91.2 cm³/mol. The van der Waals surface area contributed by atoms with Crippen LogP contribution in [0.25, 0.3) is 0 Å². The van der Waals surface area contributed by atoms with Gasteiger partial charge in [0.25, 0.3) is 0 Å². The van der Waals surface area contributed by atoms with Crippen LogP contribution in [-0.4, -0.2) is 45.7 Å². The number of carbonyl (C=O) groups excluding carboxylic acids is 1. The standard InChI is InChI=1S/C18H27N5O/c1-14(17(24)21-18(13-19)8-3-2-4-9-18)23-11-6-15(7-12-23)16-5-10-20-22-16/h5,10,14-15H,2-4,6-9,11-12H2,1H3,(H,20,22)(H,21,24)/t14-/m1/s1. The Balaban J connectivity index is 1.54. The van der Waals surface area contributed by atoms with Crippen molar-refractivity contribution in [2.45, 2.75) is 69.4 Å². The first-order chi connectivity index (χ1) is 11.6. The van der Waals surface area contributed by atoms with Crippen LogP contribution in [0, 0.1) is 11.3 Å². The van der Waals surface area contributed by atoms with Crippen LogP contribution in [0.4, 0.5) is 0 Å². The number of likely N-dealkylation sites (tertiary alicyclic amines) is 1. The van der Waals surface area contributed by atoms with Gasteiger partial charge in [-0.05, 0) is 51.8 Å². The zero-order valence-corrected chi connectivity index (χ0v) is 14.4. The summed E-state index contributed by atoms with van der Waals surface area (Å²) < 4.78 is 0. The first-order valence-corrected chi connectivity index (χ1v) is 9.10. The lowest BCUT2D eigenvalue weighted by molar-refractivity contribution is -0.128. The molecule has 130 valence electrons. The average Bonchev–Trinajstić information content (AvgIpc) is 3.16. The van der Waals surface area contributed by atoms with Crippen molar-refractivity contribution in [3.8, 4) is 6.07 Å². The summed E-state index contributed by atoms with van der Waals surface area (Å²) in [7, 11) is 0. The van der Waals surface area contributed by atoms with Gasteiger partial charge in [0.1, 0.15) is 5.54 Å². The van der Waals surface area contributed by atoms with Crippen molar-refractivity contribution in [1.82, 2.24) is 20.4 Å². The Hall–Kier alpha value is -1.87. The number of H-pyrrole nitrogens is 1. The number of piperidine rings is 1. The zero-order chi connectivity index (χ0) is 17.0. The summed E-state index contributed by atoms with van der Waals surface area (Å²) >= 11 is 0. The number of nitrogens with zero attached hydrogens (tertiary/aromatic N) is 3. The van der Waals surface area contributed by atoms with Crippen LogP contribution < -0.4 is 5.32 Å². The smallest absolute Gasteiger partial charge is 0.238 e. The van der Waals surface area contributed by atoms with E-state index in [0.717, 1.165) is 58.0 Å². The van der Waals surface area contributed by atoms with E-state index < -0.39 is 5.54 Å². The molecule has 2 fully saturated rings. The van der Waals surface area contributed by atoms with Crippen LogP contribution in [0.15, 0.2) is 12.3 Å². The van der Waals surface area contributed by atoms with Gasteiger partial charge in [0.2, 0.25) is 5.91 Å². The van der Waals surface area contributed by atoms with Crippen molar-refractivity contribution in [2.75, 3.05) is 13.1 Å². The molecule has 1 aliphatic heterocycles. The molecular formula is C18H27N5O. The van der Waals surface area contributed by atoms with Gasteiger partial charge in [-0.15, -0.1) is 0 Å². The van der Waals surface area contributed by atoms with E-state index in [1.54, 1.807) is 6.20 Å². The Bertz CT molecular complexity index is 577. The van der Waals surface area contributed by atoms with E-state index in [1.807, 2.05) is 13.0 Å². The SMILES string of the molecule is C[C@H](C(=O)NC1(C#N)CCCCC1)N1CCC(c2ccn[nH]2)CC1. The van der Waals surface area contributed by atoms with E-state index in [4.69, 9.17) is 0 Å². The van der Waals surface area contributed by atoms with E-state index in [1.165, 1.54) is 5.69 Å². The Morgan fingerprint density at radius 3 is 2.71 bits per heavy atom. The van der Waals surface area contributed by atoms with Gasteiger partial charge in [0.15, 0.2) is 0 Å². The summed E-state index contributed by atoms with van der Waals surface area (Å²) in [4.78, 5) is 14.9. The first-order valence-electron chi connectivity index (χ1n) is 9.10. The maximum Gasteiger partial charge on any atom is 0.238 e. The second kappa shape index (κ2) is 7.35. The van der Waals surface area contributed by atoms with Crippen molar-refractivity contribution in [1.29, 1.82) is 5.26 Å². The number of amides is 1. The summed E-state index contributed by atoms with van der Waals surface area (Å²) in [5.41, 5.74) is 0.551. The van der Waals surface area contributed by atoms with Crippen LogP contribution in [0.5, 0.6) is 0 Å². The molecule has 2 heterocycles. The molecule has 0 unspecified atom stereocenters. The molecule has 6 heteroatoms. The second-order valence-corrected chi connectivity index (χ2v) is 7.24. The third-order valence-corrected chi connectivity index (χ3v) is 5.70. The molecule has 1 amide bonds. The number of rotatable bonds is 4. The predicted octanol–water partition coefficient (Wildman–Crippen LogP) is 2.32. The largest absolute Gasteiger partial charge is 0.336 e. The summed E-state index contributed by atoms with van der Waals surface area (Å²) in [5.74, 6) is 0.501. The van der Waals surface area contributed by atoms with Crippen molar-refractivity contribution in [2.24, 2.45) is 0 Å². The highest BCUT2D eigenvalue weighted by atomic mass is 16.2. The summed E-state index contributed by atoms with van der Waals surface area (Å²) in [5, 5.41) is 19.7. The van der Waals surface area contributed by atoms with Crippen molar-refractivity contribution < 1.29 is 4.79 Å². The monoisotopic (exact) mass is 329 g/mol. The number of carbonyl (C=O) groups is 1. The lowest BCUT2D eigenvalue weighted by Crippen LogP contribution is -2.55. The average molecular weight is 329 g/mol. The van der Waals surface area contributed by atoms with Crippen LogP contribution in [-0.2, 0) is 4.79 Å². The molecule has 1 saturated heterocycles. The fourth-order valence-electron chi connectivity index (χ4n) is 4.02. The fourth-order valence-corrected chi connectivity index (χ4v) is 4.02. The van der Waals surface area contributed by atoms with E-state index in [-0.39, 0.29) is 11.9 Å². The van der Waals surface area contributed by atoms with Crippen molar-refractivity contribution >= 4 is 5.91 Å². The maximum absolute atomic E-state index is 12.7. The van der Waals surface area contributed by atoms with Crippen LogP contribution in [0.1, 0.15) is 63.5 Å². The Morgan fingerprint density at radius 1 is 1.42 bits per heavy atom. The number of aromatic amines is 1. The molecule has 1 atom stereocenters.